The van der Waals surface area contributed by atoms with Gasteiger partial charge in [-0.1, -0.05) is 12.5 Å². The first kappa shape index (κ1) is 14.0. The Morgan fingerprint density at radius 2 is 2.21 bits per heavy atom. The van der Waals surface area contributed by atoms with Crippen LogP contribution in [0.2, 0.25) is 0 Å². The zero-order chi connectivity index (χ0) is 13.5. The maximum absolute atomic E-state index is 12.3. The molecule has 19 heavy (non-hydrogen) atoms. The number of rotatable bonds is 8. The summed E-state index contributed by atoms with van der Waals surface area (Å²) in [6.07, 6.45) is 9.57. The van der Waals surface area contributed by atoms with E-state index >= 15 is 0 Å². The van der Waals surface area contributed by atoms with E-state index < -0.39 is 0 Å². The fourth-order valence-electron chi connectivity index (χ4n) is 2.24. The van der Waals surface area contributed by atoms with Gasteiger partial charge in [0.1, 0.15) is 0 Å². The topological polar surface area (TPSA) is 59.2 Å². The number of amides is 1. The molecule has 0 spiro atoms. The molecule has 0 atom stereocenters. The van der Waals surface area contributed by atoms with Crippen molar-refractivity contribution in [3.8, 4) is 0 Å². The molecule has 1 amide bonds. The Kier molecular flexibility index (Phi) is 5.33. The third kappa shape index (κ3) is 4.63. The maximum Gasteiger partial charge on any atom is 0.223 e. The summed E-state index contributed by atoms with van der Waals surface area (Å²) in [5, 5.41) is 0. The molecular formula is C15H23N3O. The summed E-state index contributed by atoms with van der Waals surface area (Å²) in [4.78, 5) is 18.4. The van der Waals surface area contributed by atoms with Gasteiger partial charge in [0.05, 0.1) is 0 Å². The van der Waals surface area contributed by atoms with Crippen LogP contribution in [-0.2, 0) is 11.3 Å². The van der Waals surface area contributed by atoms with Gasteiger partial charge in [0.15, 0.2) is 0 Å². The van der Waals surface area contributed by atoms with Gasteiger partial charge in [-0.25, -0.2) is 0 Å². The van der Waals surface area contributed by atoms with Crippen LogP contribution in [-0.4, -0.2) is 28.4 Å². The van der Waals surface area contributed by atoms with Crippen molar-refractivity contribution in [1.82, 2.24) is 9.88 Å². The molecule has 0 unspecified atom stereocenters. The Morgan fingerprint density at radius 1 is 1.37 bits per heavy atom. The lowest BCUT2D eigenvalue weighted by Crippen LogP contribution is -2.32. The molecule has 1 fully saturated rings. The van der Waals surface area contributed by atoms with Gasteiger partial charge in [-0.15, -0.1) is 0 Å². The number of carbonyl (C=O) groups excluding carboxylic acids is 1. The van der Waals surface area contributed by atoms with Crippen LogP contribution in [0, 0.1) is 0 Å². The molecule has 2 rings (SSSR count). The second-order valence-electron chi connectivity index (χ2n) is 5.21. The van der Waals surface area contributed by atoms with Gasteiger partial charge in [0, 0.05) is 31.4 Å². The lowest BCUT2D eigenvalue weighted by atomic mass is 10.1. The van der Waals surface area contributed by atoms with E-state index in [1.807, 2.05) is 23.2 Å². The van der Waals surface area contributed by atoms with Crippen molar-refractivity contribution in [2.75, 3.05) is 6.54 Å². The summed E-state index contributed by atoms with van der Waals surface area (Å²) in [7, 11) is 0. The minimum absolute atomic E-state index is 0.281. The van der Waals surface area contributed by atoms with Crippen LogP contribution in [0.4, 0.5) is 0 Å². The summed E-state index contributed by atoms with van der Waals surface area (Å²) in [6.45, 7) is 1.42. The maximum atomic E-state index is 12.3. The number of hydrogen-bond acceptors (Lipinski definition) is 3. The summed E-state index contributed by atoms with van der Waals surface area (Å²) in [6, 6.07) is 4.41. The standard InChI is InChI=1S/C15H23N3O/c16-9-3-1-2-6-15(19)18(14-7-8-14)12-13-5-4-10-17-11-13/h4-5,10-11,14H,1-3,6-9,12,16H2. The van der Waals surface area contributed by atoms with E-state index in [1.165, 1.54) is 0 Å². The highest BCUT2D eigenvalue weighted by Gasteiger charge is 2.32. The molecule has 4 nitrogen and oxygen atoms in total. The van der Waals surface area contributed by atoms with Crippen LogP contribution in [0.25, 0.3) is 0 Å². The molecule has 4 heteroatoms. The van der Waals surface area contributed by atoms with Crippen LogP contribution in [0.1, 0.15) is 44.1 Å². The first-order valence-corrected chi connectivity index (χ1v) is 7.19. The van der Waals surface area contributed by atoms with Crippen LogP contribution in [0.3, 0.4) is 0 Å². The zero-order valence-corrected chi connectivity index (χ0v) is 11.4. The molecule has 0 bridgehead atoms. The van der Waals surface area contributed by atoms with Crippen molar-refractivity contribution in [2.45, 2.75) is 51.1 Å². The normalized spacial score (nSPS) is 14.4. The fourth-order valence-corrected chi connectivity index (χ4v) is 2.24. The van der Waals surface area contributed by atoms with Gasteiger partial charge in [0.25, 0.3) is 0 Å². The largest absolute Gasteiger partial charge is 0.335 e. The van der Waals surface area contributed by atoms with Crippen LogP contribution in [0.5, 0.6) is 0 Å². The third-order valence-corrected chi connectivity index (χ3v) is 3.48. The highest BCUT2D eigenvalue weighted by atomic mass is 16.2. The summed E-state index contributed by atoms with van der Waals surface area (Å²) in [5.41, 5.74) is 6.58. The highest BCUT2D eigenvalue weighted by molar-refractivity contribution is 5.76. The number of carbonyl (C=O) groups is 1. The van der Waals surface area contributed by atoms with Gasteiger partial charge in [-0.05, 0) is 43.9 Å². The molecule has 1 heterocycles. The predicted octanol–water partition coefficient (Wildman–Crippen LogP) is 2.09. The Balaban J connectivity index is 1.83. The summed E-state index contributed by atoms with van der Waals surface area (Å²) < 4.78 is 0. The van der Waals surface area contributed by atoms with Crippen molar-refractivity contribution in [3.05, 3.63) is 30.1 Å². The first-order chi connectivity index (χ1) is 9.31. The van der Waals surface area contributed by atoms with E-state index in [0.29, 0.717) is 19.0 Å². The van der Waals surface area contributed by atoms with E-state index in [1.54, 1.807) is 6.20 Å². The molecule has 1 aromatic heterocycles. The zero-order valence-electron chi connectivity index (χ0n) is 11.4. The second kappa shape index (κ2) is 7.24. The molecule has 1 aliphatic carbocycles. The second-order valence-corrected chi connectivity index (χ2v) is 5.21. The van der Waals surface area contributed by atoms with Gasteiger partial charge in [-0.2, -0.15) is 0 Å². The van der Waals surface area contributed by atoms with Crippen molar-refractivity contribution in [1.29, 1.82) is 0 Å². The average molecular weight is 261 g/mol. The predicted molar refractivity (Wildman–Crippen MR) is 75.3 cm³/mol. The van der Waals surface area contributed by atoms with E-state index in [-0.39, 0.29) is 5.91 Å². The molecule has 0 saturated heterocycles. The third-order valence-electron chi connectivity index (χ3n) is 3.48. The van der Waals surface area contributed by atoms with Gasteiger partial charge < -0.3 is 10.6 Å². The lowest BCUT2D eigenvalue weighted by Gasteiger charge is -2.22. The van der Waals surface area contributed by atoms with Gasteiger partial charge in [-0.3, -0.25) is 9.78 Å². The van der Waals surface area contributed by atoms with Gasteiger partial charge >= 0.3 is 0 Å². The number of nitrogens with zero attached hydrogens (tertiary/aromatic N) is 2. The van der Waals surface area contributed by atoms with Crippen LogP contribution >= 0.6 is 0 Å². The van der Waals surface area contributed by atoms with Crippen LogP contribution < -0.4 is 5.73 Å². The summed E-state index contributed by atoms with van der Waals surface area (Å²) in [5.74, 6) is 0.281. The first-order valence-electron chi connectivity index (χ1n) is 7.19. The molecule has 0 aliphatic heterocycles. The number of hydrogen-bond donors (Lipinski definition) is 1. The molecular weight excluding hydrogens is 238 g/mol. The molecule has 1 saturated carbocycles. The molecule has 0 aromatic carbocycles. The monoisotopic (exact) mass is 261 g/mol. The van der Waals surface area contributed by atoms with E-state index in [4.69, 9.17) is 5.73 Å². The molecule has 1 aliphatic rings. The Bertz CT molecular complexity index is 390. The molecule has 2 N–H and O–H groups in total. The van der Waals surface area contributed by atoms with Crippen molar-refractivity contribution in [2.24, 2.45) is 5.73 Å². The minimum Gasteiger partial charge on any atom is -0.335 e. The smallest absolute Gasteiger partial charge is 0.223 e. The highest BCUT2D eigenvalue weighted by Crippen LogP contribution is 2.29. The van der Waals surface area contributed by atoms with E-state index in [0.717, 1.165) is 44.2 Å². The number of pyridine rings is 1. The number of aromatic nitrogens is 1. The number of nitrogens with two attached hydrogens (primary N) is 1. The lowest BCUT2D eigenvalue weighted by molar-refractivity contribution is -0.132. The SMILES string of the molecule is NCCCCCC(=O)N(Cc1cccnc1)C1CC1. The molecule has 104 valence electrons. The van der Waals surface area contributed by atoms with E-state index in [9.17, 15) is 4.79 Å². The Hall–Kier alpha value is -1.42. The average Bonchev–Trinajstić information content (AvgIpc) is 3.26. The van der Waals surface area contributed by atoms with Crippen molar-refractivity contribution in [3.63, 3.8) is 0 Å². The van der Waals surface area contributed by atoms with Crippen molar-refractivity contribution >= 4 is 5.91 Å². The van der Waals surface area contributed by atoms with Gasteiger partial charge in [0.2, 0.25) is 5.91 Å². The quantitative estimate of drug-likeness (QED) is 0.729. The van der Waals surface area contributed by atoms with Crippen molar-refractivity contribution < 1.29 is 4.79 Å². The Labute approximate surface area is 115 Å². The van der Waals surface area contributed by atoms with Crippen LogP contribution in [0.15, 0.2) is 24.5 Å². The summed E-state index contributed by atoms with van der Waals surface area (Å²) >= 11 is 0. The fraction of sp³-hybridized carbons (Fsp3) is 0.600. The molecule has 0 radical (unpaired) electrons. The Morgan fingerprint density at radius 3 is 2.84 bits per heavy atom. The minimum atomic E-state index is 0.281. The molecule has 1 aromatic rings. The number of unbranched alkanes of at least 4 members (excludes halogenated alkanes) is 2. The van der Waals surface area contributed by atoms with E-state index in [2.05, 4.69) is 4.98 Å².